The number of nitrogens with zero attached hydrogens (tertiary/aromatic N) is 4. The molecule has 0 aliphatic carbocycles. The standard InChI is InChI=1S/C5H7FN4O2/c6-3-1-10(5(11)12)2-4(3)8-9-7/h3-4H,1-2H2,(H,11,12)/t3-,4-/m1/s1. The summed E-state index contributed by atoms with van der Waals surface area (Å²) in [6.07, 6.45) is -2.56. The van der Waals surface area contributed by atoms with Crippen LogP contribution in [0.5, 0.6) is 0 Å². The Morgan fingerprint density at radius 2 is 2.42 bits per heavy atom. The van der Waals surface area contributed by atoms with Crippen molar-refractivity contribution in [2.24, 2.45) is 5.11 Å². The summed E-state index contributed by atoms with van der Waals surface area (Å²) in [7, 11) is 0. The average molecular weight is 174 g/mol. The summed E-state index contributed by atoms with van der Waals surface area (Å²) >= 11 is 0. The SMILES string of the molecule is [N-]=[N+]=N[C@@H]1CN(C(=O)O)C[C@H]1F. The van der Waals surface area contributed by atoms with Crippen LogP contribution in [0.1, 0.15) is 0 Å². The van der Waals surface area contributed by atoms with Crippen molar-refractivity contribution in [3.8, 4) is 0 Å². The van der Waals surface area contributed by atoms with Gasteiger partial charge in [-0.1, -0.05) is 5.11 Å². The first-order chi connectivity index (χ1) is 5.65. The number of amides is 1. The molecule has 1 rings (SSSR count). The molecule has 7 heteroatoms. The fourth-order valence-electron chi connectivity index (χ4n) is 1.08. The summed E-state index contributed by atoms with van der Waals surface area (Å²) in [5, 5.41) is 11.6. The molecule has 2 atom stereocenters. The first-order valence-corrected chi connectivity index (χ1v) is 3.31. The molecule has 1 amide bonds. The minimum Gasteiger partial charge on any atom is -0.465 e. The van der Waals surface area contributed by atoms with Crippen molar-refractivity contribution in [3.63, 3.8) is 0 Å². The molecule has 0 aromatic rings. The average Bonchev–Trinajstić information content (AvgIpc) is 2.34. The quantitative estimate of drug-likeness (QED) is 0.365. The van der Waals surface area contributed by atoms with Gasteiger partial charge in [-0.2, -0.15) is 0 Å². The second-order valence-electron chi connectivity index (χ2n) is 2.48. The van der Waals surface area contributed by atoms with Crippen molar-refractivity contribution in [1.82, 2.24) is 4.90 Å². The van der Waals surface area contributed by atoms with E-state index < -0.39 is 18.3 Å². The van der Waals surface area contributed by atoms with E-state index in [-0.39, 0.29) is 13.1 Å². The molecule has 0 radical (unpaired) electrons. The van der Waals surface area contributed by atoms with Crippen LogP contribution in [0.3, 0.4) is 0 Å². The maximum atomic E-state index is 12.8. The zero-order valence-corrected chi connectivity index (χ0v) is 6.09. The van der Waals surface area contributed by atoms with Gasteiger partial charge in [-0.25, -0.2) is 9.18 Å². The highest BCUT2D eigenvalue weighted by atomic mass is 19.1. The zero-order chi connectivity index (χ0) is 9.14. The Bertz CT molecular complexity index is 240. The zero-order valence-electron chi connectivity index (χ0n) is 6.09. The molecule has 0 aromatic heterocycles. The highest BCUT2D eigenvalue weighted by molar-refractivity contribution is 5.65. The normalized spacial score (nSPS) is 28.2. The van der Waals surface area contributed by atoms with E-state index in [1.807, 2.05) is 0 Å². The van der Waals surface area contributed by atoms with E-state index in [4.69, 9.17) is 10.6 Å². The summed E-state index contributed by atoms with van der Waals surface area (Å²) in [6, 6.07) is -0.869. The Morgan fingerprint density at radius 3 is 2.83 bits per heavy atom. The van der Waals surface area contributed by atoms with Gasteiger partial charge in [0, 0.05) is 11.5 Å². The number of azide groups is 1. The van der Waals surface area contributed by atoms with Crippen molar-refractivity contribution in [2.45, 2.75) is 12.2 Å². The van der Waals surface area contributed by atoms with Crippen LogP contribution < -0.4 is 0 Å². The highest BCUT2D eigenvalue weighted by Crippen LogP contribution is 2.16. The maximum Gasteiger partial charge on any atom is 0.407 e. The molecule has 0 bridgehead atoms. The molecule has 12 heavy (non-hydrogen) atoms. The Labute approximate surface area is 67.2 Å². The number of hydrogen-bond donors (Lipinski definition) is 1. The lowest BCUT2D eigenvalue weighted by molar-refractivity contribution is 0.152. The highest BCUT2D eigenvalue weighted by Gasteiger charge is 2.34. The van der Waals surface area contributed by atoms with Crippen LogP contribution in [0, 0.1) is 0 Å². The topological polar surface area (TPSA) is 89.3 Å². The van der Waals surface area contributed by atoms with Gasteiger partial charge >= 0.3 is 6.09 Å². The van der Waals surface area contributed by atoms with Crippen LogP contribution in [-0.2, 0) is 0 Å². The van der Waals surface area contributed by atoms with E-state index in [1.54, 1.807) is 0 Å². The minimum absolute atomic E-state index is 0.0550. The van der Waals surface area contributed by atoms with E-state index in [1.165, 1.54) is 0 Å². The molecule has 1 aliphatic heterocycles. The van der Waals surface area contributed by atoms with Gasteiger partial charge in [0.05, 0.1) is 12.6 Å². The molecule has 66 valence electrons. The van der Waals surface area contributed by atoms with E-state index in [2.05, 4.69) is 10.0 Å². The third kappa shape index (κ3) is 1.57. The molecule has 0 saturated carbocycles. The monoisotopic (exact) mass is 174 g/mol. The van der Waals surface area contributed by atoms with Gasteiger partial charge in [-0.3, -0.25) is 0 Å². The van der Waals surface area contributed by atoms with Crippen molar-refractivity contribution < 1.29 is 14.3 Å². The smallest absolute Gasteiger partial charge is 0.407 e. The Balaban J connectivity index is 2.61. The lowest BCUT2D eigenvalue weighted by Gasteiger charge is -2.08. The van der Waals surface area contributed by atoms with Crippen LogP contribution in [-0.4, -0.2) is 41.4 Å². The fourth-order valence-corrected chi connectivity index (χ4v) is 1.08. The summed E-state index contributed by atoms with van der Waals surface area (Å²) in [5.41, 5.74) is 8.00. The number of hydrogen-bond acceptors (Lipinski definition) is 2. The van der Waals surface area contributed by atoms with E-state index >= 15 is 0 Å². The number of likely N-dealkylation sites (tertiary alicyclic amines) is 1. The van der Waals surface area contributed by atoms with Gasteiger partial charge in [0.1, 0.15) is 6.17 Å². The molecule has 6 nitrogen and oxygen atoms in total. The summed E-state index contributed by atoms with van der Waals surface area (Å²) < 4.78 is 12.8. The van der Waals surface area contributed by atoms with E-state index in [9.17, 15) is 9.18 Å². The number of halogens is 1. The molecule has 0 unspecified atom stereocenters. The second kappa shape index (κ2) is 3.27. The molecular formula is C5H7FN4O2. The number of alkyl halides is 1. The summed E-state index contributed by atoms with van der Waals surface area (Å²) in [4.78, 5) is 13.6. The van der Waals surface area contributed by atoms with E-state index in [0.29, 0.717) is 0 Å². The maximum absolute atomic E-state index is 12.8. The summed E-state index contributed by atoms with van der Waals surface area (Å²) in [5.74, 6) is 0. The lowest BCUT2D eigenvalue weighted by Crippen LogP contribution is -2.27. The van der Waals surface area contributed by atoms with Crippen molar-refractivity contribution in [3.05, 3.63) is 10.4 Å². The Kier molecular flexibility index (Phi) is 2.35. The van der Waals surface area contributed by atoms with Crippen LogP contribution >= 0.6 is 0 Å². The van der Waals surface area contributed by atoms with Crippen molar-refractivity contribution in [2.75, 3.05) is 13.1 Å². The molecule has 0 aromatic carbocycles. The first kappa shape index (κ1) is 8.61. The Morgan fingerprint density at radius 1 is 1.75 bits per heavy atom. The second-order valence-corrected chi connectivity index (χ2v) is 2.48. The van der Waals surface area contributed by atoms with Gasteiger partial charge in [0.15, 0.2) is 0 Å². The van der Waals surface area contributed by atoms with Crippen LogP contribution in [0.15, 0.2) is 5.11 Å². The third-order valence-corrected chi connectivity index (χ3v) is 1.69. The van der Waals surface area contributed by atoms with Crippen LogP contribution in [0.4, 0.5) is 9.18 Å². The van der Waals surface area contributed by atoms with Gasteiger partial charge in [0.25, 0.3) is 0 Å². The van der Waals surface area contributed by atoms with Crippen molar-refractivity contribution in [1.29, 1.82) is 0 Å². The number of carbonyl (C=O) groups is 1. The van der Waals surface area contributed by atoms with Crippen molar-refractivity contribution >= 4 is 6.09 Å². The van der Waals surface area contributed by atoms with E-state index in [0.717, 1.165) is 4.90 Å². The molecule has 1 aliphatic rings. The number of carboxylic acid groups (broad SMARTS) is 1. The van der Waals surface area contributed by atoms with Gasteiger partial charge in [-0.05, 0) is 5.53 Å². The molecule has 1 N–H and O–H groups in total. The molecule has 1 saturated heterocycles. The largest absolute Gasteiger partial charge is 0.465 e. The van der Waals surface area contributed by atoms with Gasteiger partial charge in [-0.15, -0.1) is 0 Å². The third-order valence-electron chi connectivity index (χ3n) is 1.69. The molecule has 0 spiro atoms. The van der Waals surface area contributed by atoms with Crippen LogP contribution in [0.2, 0.25) is 0 Å². The van der Waals surface area contributed by atoms with Crippen LogP contribution in [0.25, 0.3) is 10.4 Å². The number of rotatable bonds is 1. The molecular weight excluding hydrogens is 167 g/mol. The van der Waals surface area contributed by atoms with Gasteiger partial charge < -0.3 is 10.0 Å². The van der Waals surface area contributed by atoms with Gasteiger partial charge in [0.2, 0.25) is 0 Å². The fraction of sp³-hybridized carbons (Fsp3) is 0.800. The summed E-state index contributed by atoms with van der Waals surface area (Å²) in [6.45, 7) is -0.264. The molecule has 1 fully saturated rings. The first-order valence-electron chi connectivity index (χ1n) is 3.31. The predicted molar refractivity (Wildman–Crippen MR) is 37.4 cm³/mol. The molecule has 1 heterocycles. The Hall–Kier alpha value is -1.49. The minimum atomic E-state index is -1.38. The lowest BCUT2D eigenvalue weighted by atomic mass is 10.2. The predicted octanol–water partition coefficient (Wildman–Crippen LogP) is 0.997.